The van der Waals surface area contributed by atoms with E-state index >= 15 is 0 Å². The van der Waals surface area contributed by atoms with Gasteiger partial charge in [-0.25, -0.2) is 0 Å². The number of fused-ring (bicyclic) bond motifs is 1. The monoisotopic (exact) mass is 502 g/mol. The fourth-order valence-electron chi connectivity index (χ4n) is 3.84. The van der Waals surface area contributed by atoms with Crippen LogP contribution in [0, 0.1) is 0 Å². The average molecular weight is 503 g/mol. The third-order valence-corrected chi connectivity index (χ3v) is 5.67. The van der Waals surface area contributed by atoms with Crippen LogP contribution in [-0.2, 0) is 16.0 Å². The van der Waals surface area contributed by atoms with Gasteiger partial charge in [-0.3, -0.25) is 19.7 Å². The summed E-state index contributed by atoms with van der Waals surface area (Å²) in [6, 6.07) is 25.9. The molecule has 8 nitrogen and oxygen atoms in total. The number of pyridine rings is 1. The third-order valence-electron chi connectivity index (χ3n) is 5.67. The van der Waals surface area contributed by atoms with Crippen molar-refractivity contribution in [2.75, 3.05) is 5.32 Å². The molecule has 186 valence electrons. The quantitative estimate of drug-likeness (QED) is 0.294. The summed E-state index contributed by atoms with van der Waals surface area (Å²) in [5.41, 5.74) is 5.22. The number of ketones is 1. The van der Waals surface area contributed by atoms with Gasteiger partial charge in [0.25, 0.3) is 5.91 Å². The van der Waals surface area contributed by atoms with Gasteiger partial charge in [0.2, 0.25) is 0 Å². The first kappa shape index (κ1) is 25.6. The number of aromatic amines is 1. The third kappa shape index (κ3) is 6.40. The normalized spacial score (nSPS) is 10.4. The summed E-state index contributed by atoms with van der Waals surface area (Å²) < 4.78 is 0. The number of hydrogen-bond donors (Lipinski definition) is 2. The van der Waals surface area contributed by atoms with Crippen LogP contribution in [0.15, 0.2) is 97.3 Å². The van der Waals surface area contributed by atoms with E-state index in [4.69, 9.17) is 9.59 Å². The molecule has 0 spiro atoms. The maximum Gasteiger partial charge on any atom is 0.373 e. The topological polar surface area (TPSA) is 122 Å². The van der Waals surface area contributed by atoms with Crippen LogP contribution in [-0.4, -0.2) is 33.0 Å². The molecule has 2 N–H and O–H groups in total. The Morgan fingerprint density at radius 1 is 0.868 bits per heavy atom. The number of hydrogen-bond acceptors (Lipinski definition) is 6. The van der Waals surface area contributed by atoms with E-state index in [-0.39, 0.29) is 17.8 Å². The lowest BCUT2D eigenvalue weighted by Gasteiger charge is -2.08. The molecular weight excluding hydrogens is 480 g/mol. The molecule has 0 bridgehead atoms. The van der Waals surface area contributed by atoms with E-state index < -0.39 is 0 Å². The fourth-order valence-corrected chi connectivity index (χ4v) is 3.84. The molecular formula is C30H22N4O4. The van der Waals surface area contributed by atoms with E-state index in [1.807, 2.05) is 78.9 Å². The lowest BCUT2D eigenvalue weighted by molar-refractivity contribution is -0.191. The molecule has 38 heavy (non-hydrogen) atoms. The predicted molar refractivity (Wildman–Crippen MR) is 143 cm³/mol. The van der Waals surface area contributed by atoms with Crippen LogP contribution < -0.4 is 5.32 Å². The fraction of sp³-hybridized carbons (Fsp3) is 0.0333. The molecule has 0 aliphatic heterocycles. The van der Waals surface area contributed by atoms with Crippen LogP contribution in [0.4, 0.5) is 5.69 Å². The van der Waals surface area contributed by atoms with Crippen molar-refractivity contribution in [2.24, 2.45) is 0 Å². The molecule has 8 heteroatoms. The van der Waals surface area contributed by atoms with E-state index in [0.29, 0.717) is 23.2 Å². The number of benzene rings is 3. The summed E-state index contributed by atoms with van der Waals surface area (Å²) in [4.78, 5) is 45.7. The van der Waals surface area contributed by atoms with Gasteiger partial charge in [-0.2, -0.15) is 14.7 Å². The van der Waals surface area contributed by atoms with Gasteiger partial charge in [0.1, 0.15) is 0 Å². The second-order valence-electron chi connectivity index (χ2n) is 8.15. The van der Waals surface area contributed by atoms with E-state index in [9.17, 15) is 9.59 Å². The maximum atomic E-state index is 12.6. The van der Waals surface area contributed by atoms with Crippen LogP contribution in [0.25, 0.3) is 23.1 Å². The highest BCUT2D eigenvalue weighted by Crippen LogP contribution is 2.23. The van der Waals surface area contributed by atoms with Gasteiger partial charge in [-0.15, -0.1) is 0 Å². The Bertz CT molecular complexity index is 1620. The Morgan fingerprint density at radius 2 is 1.55 bits per heavy atom. The average Bonchev–Trinajstić information content (AvgIpc) is 3.36. The van der Waals surface area contributed by atoms with Crippen molar-refractivity contribution >= 4 is 46.6 Å². The summed E-state index contributed by atoms with van der Waals surface area (Å²) in [5.74, 6) is -0.120. The molecule has 0 aliphatic rings. The Hall–Kier alpha value is -5.46. The SMILES string of the molecule is O=C(Cc1ccc2n[nH]c(/C=C/c3cnccc3NC(=O)c3ccccc3)c2c1)c1ccccc1.O=C=O. The van der Waals surface area contributed by atoms with Gasteiger partial charge in [0, 0.05) is 40.9 Å². The van der Waals surface area contributed by atoms with Crippen molar-refractivity contribution < 1.29 is 19.2 Å². The van der Waals surface area contributed by atoms with Gasteiger partial charge in [-0.1, -0.05) is 54.6 Å². The molecule has 0 fully saturated rings. The minimum absolute atomic E-state index is 0.0692. The van der Waals surface area contributed by atoms with Gasteiger partial charge in [0.05, 0.1) is 16.9 Å². The van der Waals surface area contributed by atoms with Crippen molar-refractivity contribution in [1.29, 1.82) is 0 Å². The second kappa shape index (κ2) is 12.5. The van der Waals surface area contributed by atoms with E-state index in [2.05, 4.69) is 20.5 Å². The number of H-pyrrole nitrogens is 1. The Balaban J connectivity index is 0.00000107. The number of aromatic nitrogens is 3. The number of anilines is 1. The number of nitrogens with zero attached hydrogens (tertiary/aromatic N) is 2. The molecule has 2 aromatic heterocycles. The van der Waals surface area contributed by atoms with Gasteiger partial charge in [-0.05, 0) is 48.0 Å². The van der Waals surface area contributed by atoms with Crippen LogP contribution in [0.5, 0.6) is 0 Å². The molecule has 0 radical (unpaired) electrons. The summed E-state index contributed by atoms with van der Waals surface area (Å²) in [5, 5.41) is 11.3. The van der Waals surface area contributed by atoms with Crippen LogP contribution in [0.2, 0.25) is 0 Å². The zero-order chi connectivity index (χ0) is 26.7. The number of nitrogens with one attached hydrogen (secondary N) is 2. The number of amides is 1. The van der Waals surface area contributed by atoms with E-state index in [1.165, 1.54) is 0 Å². The second-order valence-corrected chi connectivity index (χ2v) is 8.15. The zero-order valence-electron chi connectivity index (χ0n) is 20.1. The molecule has 0 aliphatic carbocycles. The van der Waals surface area contributed by atoms with Gasteiger partial charge in [0.15, 0.2) is 5.78 Å². The van der Waals surface area contributed by atoms with Gasteiger partial charge < -0.3 is 5.32 Å². The summed E-state index contributed by atoms with van der Waals surface area (Å²) in [6.45, 7) is 0. The maximum absolute atomic E-state index is 12.6. The van der Waals surface area contributed by atoms with Crippen molar-refractivity contribution in [2.45, 2.75) is 6.42 Å². The smallest absolute Gasteiger partial charge is 0.321 e. The largest absolute Gasteiger partial charge is 0.373 e. The molecule has 3 aromatic carbocycles. The summed E-state index contributed by atoms with van der Waals surface area (Å²) in [6.07, 6.45) is 7.67. The Labute approximate surface area is 218 Å². The molecule has 0 unspecified atom stereocenters. The van der Waals surface area contributed by atoms with Crippen molar-refractivity contribution in [1.82, 2.24) is 15.2 Å². The zero-order valence-corrected chi connectivity index (χ0v) is 20.1. The minimum Gasteiger partial charge on any atom is -0.321 e. The highest BCUT2D eigenvalue weighted by molar-refractivity contribution is 6.05. The van der Waals surface area contributed by atoms with Crippen LogP contribution >= 0.6 is 0 Å². The van der Waals surface area contributed by atoms with Crippen molar-refractivity contribution in [3.05, 3.63) is 125 Å². The molecule has 1 amide bonds. The molecule has 5 aromatic rings. The Kier molecular flexibility index (Phi) is 8.42. The number of carbonyl (C=O) groups excluding carboxylic acids is 4. The first-order valence-electron chi connectivity index (χ1n) is 11.6. The molecule has 0 saturated heterocycles. The van der Waals surface area contributed by atoms with Crippen LogP contribution in [0.3, 0.4) is 0 Å². The Morgan fingerprint density at radius 3 is 2.26 bits per heavy atom. The minimum atomic E-state index is -0.189. The van der Waals surface area contributed by atoms with Crippen molar-refractivity contribution in [3.8, 4) is 0 Å². The lowest BCUT2D eigenvalue weighted by Crippen LogP contribution is -2.12. The first-order valence-corrected chi connectivity index (χ1v) is 11.6. The highest BCUT2D eigenvalue weighted by atomic mass is 16.2. The van der Waals surface area contributed by atoms with Crippen LogP contribution in [0.1, 0.15) is 37.5 Å². The standard InChI is InChI=1S/C29H22N4O2.CO2/c34-28(21-7-3-1-4-8-21)18-20-11-13-26-24(17-20)27(33-32-26)14-12-23-19-30-16-15-25(23)31-29(35)22-9-5-2-6-10-22;2-1-3/h1-17,19H,18H2,(H,32,33)(H,30,31,35);/b14-12+;. The predicted octanol–water partition coefficient (Wildman–Crippen LogP) is 5.22. The van der Waals surface area contributed by atoms with E-state index in [0.717, 1.165) is 27.7 Å². The molecule has 5 rings (SSSR count). The first-order chi connectivity index (χ1) is 18.6. The summed E-state index contributed by atoms with van der Waals surface area (Å²) >= 11 is 0. The lowest BCUT2D eigenvalue weighted by atomic mass is 10.0. The van der Waals surface area contributed by atoms with E-state index in [1.54, 1.807) is 30.6 Å². The number of Topliss-reactive ketones (excluding diaryl/α,β-unsaturated/α-hetero) is 1. The molecule has 0 saturated carbocycles. The number of rotatable bonds is 7. The summed E-state index contributed by atoms with van der Waals surface area (Å²) in [7, 11) is 0. The molecule has 2 heterocycles. The number of carbonyl (C=O) groups is 2. The van der Waals surface area contributed by atoms with Gasteiger partial charge >= 0.3 is 6.15 Å². The molecule has 0 atom stereocenters. The van der Waals surface area contributed by atoms with Crippen molar-refractivity contribution in [3.63, 3.8) is 0 Å². The highest BCUT2D eigenvalue weighted by Gasteiger charge is 2.11.